The topological polar surface area (TPSA) is 17.1 Å². The molecule has 1 fully saturated rings. The summed E-state index contributed by atoms with van der Waals surface area (Å²) in [5, 5.41) is 0. The van der Waals surface area contributed by atoms with Crippen LogP contribution in [-0.2, 0) is 4.79 Å². The molecule has 0 bridgehead atoms. The number of Topliss-reactive ketones (excluding diaryl/α,β-unsaturated/α-hetero) is 1. The SMILES string of the molecule is C/C=C1\CCCC(C)(C)C1/C=C(\C)C(C)=O. The molecule has 0 saturated heterocycles. The highest BCUT2D eigenvalue weighted by Gasteiger charge is 2.33. The van der Waals surface area contributed by atoms with Crippen molar-refractivity contribution < 1.29 is 4.79 Å². The number of allylic oxidation sites excluding steroid dienone is 4. The molecule has 0 aromatic carbocycles. The highest BCUT2D eigenvalue weighted by atomic mass is 16.1. The molecule has 0 aromatic heterocycles. The van der Waals surface area contributed by atoms with E-state index in [1.54, 1.807) is 6.92 Å². The zero-order chi connectivity index (χ0) is 12.3. The van der Waals surface area contributed by atoms with Crippen molar-refractivity contribution in [1.29, 1.82) is 0 Å². The summed E-state index contributed by atoms with van der Waals surface area (Å²) in [5.41, 5.74) is 2.69. The van der Waals surface area contributed by atoms with Crippen LogP contribution in [0.15, 0.2) is 23.3 Å². The van der Waals surface area contributed by atoms with E-state index in [0.29, 0.717) is 5.92 Å². The normalized spacial score (nSPS) is 28.2. The quantitative estimate of drug-likeness (QED) is 0.501. The molecule has 0 radical (unpaired) electrons. The molecule has 1 rings (SSSR count). The Kier molecular flexibility index (Phi) is 4.12. The molecule has 1 saturated carbocycles. The van der Waals surface area contributed by atoms with Gasteiger partial charge >= 0.3 is 0 Å². The highest BCUT2D eigenvalue weighted by molar-refractivity contribution is 5.92. The zero-order valence-corrected chi connectivity index (χ0v) is 11.3. The van der Waals surface area contributed by atoms with Crippen LogP contribution >= 0.6 is 0 Å². The van der Waals surface area contributed by atoms with E-state index in [4.69, 9.17) is 0 Å². The lowest BCUT2D eigenvalue weighted by Crippen LogP contribution is -2.28. The van der Waals surface area contributed by atoms with Gasteiger partial charge in [0.25, 0.3) is 0 Å². The highest BCUT2D eigenvalue weighted by Crippen LogP contribution is 2.44. The van der Waals surface area contributed by atoms with Gasteiger partial charge in [0.1, 0.15) is 0 Å². The lowest BCUT2D eigenvalue weighted by Gasteiger charge is -2.39. The molecule has 1 heteroatoms. The predicted molar refractivity (Wildman–Crippen MR) is 69.3 cm³/mol. The summed E-state index contributed by atoms with van der Waals surface area (Å²) in [6.45, 7) is 10.3. The minimum Gasteiger partial charge on any atom is -0.295 e. The van der Waals surface area contributed by atoms with Crippen molar-refractivity contribution in [2.75, 3.05) is 0 Å². The minimum absolute atomic E-state index is 0.192. The summed E-state index contributed by atoms with van der Waals surface area (Å²) >= 11 is 0. The van der Waals surface area contributed by atoms with E-state index < -0.39 is 0 Å². The van der Waals surface area contributed by atoms with Gasteiger partial charge in [-0.25, -0.2) is 0 Å². The summed E-state index contributed by atoms with van der Waals surface area (Å²) in [5.74, 6) is 0.631. The van der Waals surface area contributed by atoms with Crippen LogP contribution in [0, 0.1) is 11.3 Å². The van der Waals surface area contributed by atoms with Crippen LogP contribution in [0.2, 0.25) is 0 Å². The van der Waals surface area contributed by atoms with Crippen molar-refractivity contribution in [3.63, 3.8) is 0 Å². The van der Waals surface area contributed by atoms with Gasteiger partial charge in [-0.05, 0) is 51.0 Å². The molecule has 16 heavy (non-hydrogen) atoms. The standard InChI is InChI=1S/C15H24O/c1-6-13-8-7-9-15(4,5)14(13)10-11(2)12(3)16/h6,10,14H,7-9H2,1-5H3/b11-10+,13-6+. The molecular weight excluding hydrogens is 196 g/mol. The Bertz CT molecular complexity index is 331. The second-order valence-electron chi connectivity index (χ2n) is 5.59. The first-order valence-corrected chi connectivity index (χ1v) is 6.23. The second-order valence-corrected chi connectivity index (χ2v) is 5.59. The molecule has 1 aliphatic rings. The molecule has 1 aliphatic carbocycles. The van der Waals surface area contributed by atoms with E-state index in [0.717, 1.165) is 5.57 Å². The largest absolute Gasteiger partial charge is 0.295 e. The Morgan fingerprint density at radius 2 is 2.00 bits per heavy atom. The van der Waals surface area contributed by atoms with Crippen molar-refractivity contribution in [2.24, 2.45) is 11.3 Å². The van der Waals surface area contributed by atoms with Crippen molar-refractivity contribution in [3.8, 4) is 0 Å². The Morgan fingerprint density at radius 3 is 2.50 bits per heavy atom. The first-order chi connectivity index (χ1) is 7.38. The Hall–Kier alpha value is -0.850. The number of carbonyl (C=O) groups is 1. The van der Waals surface area contributed by atoms with Crippen LogP contribution in [0.5, 0.6) is 0 Å². The van der Waals surface area contributed by atoms with E-state index >= 15 is 0 Å². The van der Waals surface area contributed by atoms with E-state index in [1.165, 1.54) is 24.8 Å². The first-order valence-electron chi connectivity index (χ1n) is 6.23. The van der Waals surface area contributed by atoms with Gasteiger partial charge in [-0.2, -0.15) is 0 Å². The van der Waals surface area contributed by atoms with Crippen molar-refractivity contribution in [2.45, 2.75) is 53.9 Å². The molecular formula is C15H24O. The van der Waals surface area contributed by atoms with Crippen LogP contribution < -0.4 is 0 Å². The fourth-order valence-corrected chi connectivity index (χ4v) is 2.58. The maximum absolute atomic E-state index is 11.3. The molecule has 1 atom stereocenters. The average molecular weight is 220 g/mol. The van der Waals surface area contributed by atoms with Crippen LogP contribution in [0.4, 0.5) is 0 Å². The van der Waals surface area contributed by atoms with Gasteiger partial charge in [0, 0.05) is 5.92 Å². The maximum Gasteiger partial charge on any atom is 0.155 e. The van der Waals surface area contributed by atoms with Crippen molar-refractivity contribution in [3.05, 3.63) is 23.3 Å². The molecule has 0 amide bonds. The number of hydrogen-bond acceptors (Lipinski definition) is 1. The number of ketones is 1. The molecule has 0 N–H and O–H groups in total. The van der Waals surface area contributed by atoms with Crippen LogP contribution in [0.3, 0.4) is 0 Å². The number of rotatable bonds is 2. The van der Waals surface area contributed by atoms with Gasteiger partial charge in [-0.15, -0.1) is 0 Å². The smallest absolute Gasteiger partial charge is 0.155 e. The number of carbonyl (C=O) groups excluding carboxylic acids is 1. The lowest BCUT2D eigenvalue weighted by atomic mass is 9.66. The summed E-state index contributed by atoms with van der Waals surface area (Å²) in [7, 11) is 0. The van der Waals surface area contributed by atoms with Crippen molar-refractivity contribution >= 4 is 5.78 Å². The molecule has 1 unspecified atom stereocenters. The molecule has 0 heterocycles. The Labute approximate surface area is 99.6 Å². The fraction of sp³-hybridized carbons (Fsp3) is 0.667. The van der Waals surface area contributed by atoms with E-state index in [2.05, 4.69) is 32.9 Å². The van der Waals surface area contributed by atoms with Gasteiger partial charge in [0.15, 0.2) is 5.78 Å². The maximum atomic E-state index is 11.3. The molecule has 0 spiro atoms. The lowest BCUT2D eigenvalue weighted by molar-refractivity contribution is -0.113. The second kappa shape index (κ2) is 4.99. The van der Waals surface area contributed by atoms with Gasteiger partial charge in [-0.3, -0.25) is 4.79 Å². The first kappa shape index (κ1) is 13.2. The van der Waals surface area contributed by atoms with E-state index in [-0.39, 0.29) is 11.2 Å². The summed E-state index contributed by atoms with van der Waals surface area (Å²) in [6.07, 6.45) is 8.12. The third-order valence-electron chi connectivity index (χ3n) is 3.87. The fourth-order valence-electron chi connectivity index (χ4n) is 2.58. The molecule has 1 nitrogen and oxygen atoms in total. The van der Waals surface area contributed by atoms with Gasteiger partial charge in [-0.1, -0.05) is 31.6 Å². The minimum atomic E-state index is 0.192. The van der Waals surface area contributed by atoms with Gasteiger partial charge in [0.2, 0.25) is 0 Å². The third-order valence-corrected chi connectivity index (χ3v) is 3.87. The summed E-state index contributed by atoms with van der Waals surface area (Å²) in [4.78, 5) is 11.3. The van der Waals surface area contributed by atoms with Crippen molar-refractivity contribution in [1.82, 2.24) is 0 Å². The Morgan fingerprint density at radius 1 is 1.38 bits per heavy atom. The van der Waals surface area contributed by atoms with Gasteiger partial charge < -0.3 is 0 Å². The average Bonchev–Trinajstić information content (AvgIpc) is 2.20. The summed E-state index contributed by atoms with van der Waals surface area (Å²) in [6, 6.07) is 0. The number of hydrogen-bond donors (Lipinski definition) is 0. The van der Waals surface area contributed by atoms with Crippen LogP contribution in [0.1, 0.15) is 53.9 Å². The predicted octanol–water partition coefficient (Wildman–Crippen LogP) is 4.29. The molecule has 0 aromatic rings. The third kappa shape index (κ3) is 2.84. The van der Waals surface area contributed by atoms with E-state index in [1.807, 2.05) is 6.92 Å². The summed E-state index contributed by atoms with van der Waals surface area (Å²) < 4.78 is 0. The van der Waals surface area contributed by atoms with Crippen LogP contribution in [-0.4, -0.2) is 5.78 Å². The van der Waals surface area contributed by atoms with E-state index in [9.17, 15) is 4.79 Å². The Balaban J connectivity index is 3.04. The molecule has 0 aliphatic heterocycles. The van der Waals surface area contributed by atoms with Gasteiger partial charge in [0.05, 0.1) is 0 Å². The monoisotopic (exact) mass is 220 g/mol. The molecule has 90 valence electrons. The van der Waals surface area contributed by atoms with Crippen LogP contribution in [0.25, 0.3) is 0 Å². The zero-order valence-electron chi connectivity index (χ0n) is 11.3.